The zero-order valence-corrected chi connectivity index (χ0v) is 11.5. The number of H-pyrrole nitrogens is 1. The van der Waals surface area contributed by atoms with Gasteiger partial charge in [-0.05, 0) is 29.9 Å². The minimum atomic E-state index is 0.170. The SMILES string of the molecule is Oc1cccc(/C=N/n2c(-c3cnccn3)n[nH]c2=S)c1. The molecule has 1 aromatic carbocycles. The van der Waals surface area contributed by atoms with Gasteiger partial charge in [-0.25, -0.2) is 10.1 Å². The maximum Gasteiger partial charge on any atom is 0.216 e. The molecule has 21 heavy (non-hydrogen) atoms. The summed E-state index contributed by atoms with van der Waals surface area (Å²) in [6.45, 7) is 0. The van der Waals surface area contributed by atoms with Gasteiger partial charge in [-0.3, -0.25) is 4.98 Å². The molecule has 2 heterocycles. The maximum atomic E-state index is 9.43. The number of nitrogens with zero attached hydrogens (tertiary/aromatic N) is 5. The van der Waals surface area contributed by atoms with E-state index in [9.17, 15) is 5.11 Å². The Morgan fingerprint density at radius 3 is 3.00 bits per heavy atom. The average Bonchev–Trinajstić information content (AvgIpc) is 2.87. The monoisotopic (exact) mass is 298 g/mol. The van der Waals surface area contributed by atoms with Gasteiger partial charge in [0, 0.05) is 12.4 Å². The van der Waals surface area contributed by atoms with Gasteiger partial charge in [0.25, 0.3) is 0 Å². The molecular formula is C13H10N6OS. The highest BCUT2D eigenvalue weighted by molar-refractivity contribution is 7.71. The van der Waals surface area contributed by atoms with Crippen LogP contribution in [0.25, 0.3) is 11.5 Å². The van der Waals surface area contributed by atoms with E-state index in [1.807, 2.05) is 6.07 Å². The van der Waals surface area contributed by atoms with Gasteiger partial charge in [0.1, 0.15) is 11.4 Å². The van der Waals surface area contributed by atoms with Gasteiger partial charge >= 0.3 is 0 Å². The number of rotatable bonds is 3. The highest BCUT2D eigenvalue weighted by Crippen LogP contribution is 2.13. The van der Waals surface area contributed by atoms with Crippen LogP contribution in [0, 0.1) is 4.77 Å². The maximum absolute atomic E-state index is 9.43. The van der Waals surface area contributed by atoms with Crippen LogP contribution in [0.4, 0.5) is 0 Å². The highest BCUT2D eigenvalue weighted by Gasteiger charge is 2.09. The summed E-state index contributed by atoms with van der Waals surface area (Å²) >= 11 is 5.15. The van der Waals surface area contributed by atoms with Gasteiger partial charge in [0.15, 0.2) is 0 Å². The molecule has 0 atom stereocenters. The Labute approximate surface area is 124 Å². The molecule has 2 aromatic heterocycles. The van der Waals surface area contributed by atoms with E-state index in [4.69, 9.17) is 12.2 Å². The fourth-order valence-corrected chi connectivity index (χ4v) is 1.89. The molecule has 0 aliphatic heterocycles. The largest absolute Gasteiger partial charge is 0.508 e. The van der Waals surface area contributed by atoms with E-state index in [0.717, 1.165) is 5.56 Å². The van der Waals surface area contributed by atoms with Crippen LogP contribution in [0.3, 0.4) is 0 Å². The predicted octanol–water partition coefficient (Wildman–Crippen LogP) is 1.99. The second-order valence-electron chi connectivity index (χ2n) is 4.09. The first-order valence-corrected chi connectivity index (χ1v) is 6.42. The summed E-state index contributed by atoms with van der Waals surface area (Å²) in [5, 5.41) is 20.5. The van der Waals surface area contributed by atoms with Crippen molar-refractivity contribution < 1.29 is 5.11 Å². The van der Waals surface area contributed by atoms with Gasteiger partial charge in [0.2, 0.25) is 10.6 Å². The van der Waals surface area contributed by atoms with Crippen LogP contribution in [-0.4, -0.2) is 36.2 Å². The average molecular weight is 298 g/mol. The molecule has 0 aliphatic carbocycles. The number of hydrogen-bond acceptors (Lipinski definition) is 6. The molecule has 3 rings (SSSR count). The minimum Gasteiger partial charge on any atom is -0.508 e. The minimum absolute atomic E-state index is 0.170. The van der Waals surface area contributed by atoms with E-state index in [1.165, 1.54) is 4.68 Å². The lowest BCUT2D eigenvalue weighted by Gasteiger charge is -1.99. The van der Waals surface area contributed by atoms with Crippen LogP contribution >= 0.6 is 12.2 Å². The number of aromatic nitrogens is 5. The molecule has 104 valence electrons. The fraction of sp³-hybridized carbons (Fsp3) is 0. The summed E-state index contributed by atoms with van der Waals surface area (Å²) in [4.78, 5) is 8.16. The van der Waals surface area contributed by atoms with Crippen molar-refractivity contribution in [3.8, 4) is 17.3 Å². The first kappa shape index (κ1) is 13.1. The van der Waals surface area contributed by atoms with Gasteiger partial charge in [-0.1, -0.05) is 12.1 Å². The van der Waals surface area contributed by atoms with Crippen LogP contribution in [0.15, 0.2) is 48.0 Å². The second-order valence-corrected chi connectivity index (χ2v) is 4.48. The fourth-order valence-electron chi connectivity index (χ4n) is 1.71. The molecule has 0 spiro atoms. The molecule has 8 heteroatoms. The van der Waals surface area contributed by atoms with Crippen molar-refractivity contribution in [2.45, 2.75) is 0 Å². The standard InChI is InChI=1S/C13H10N6OS/c20-10-3-1-2-9(6-10)7-16-19-12(17-18-13(19)21)11-8-14-4-5-15-11/h1-8,20H,(H,18,21)/b16-7+. The van der Waals surface area contributed by atoms with Gasteiger partial charge < -0.3 is 5.11 Å². The van der Waals surface area contributed by atoms with Crippen LogP contribution < -0.4 is 0 Å². The molecule has 2 N–H and O–H groups in total. The zero-order chi connectivity index (χ0) is 14.7. The third kappa shape index (κ3) is 2.84. The van der Waals surface area contributed by atoms with Crippen molar-refractivity contribution >= 4 is 18.4 Å². The number of phenolic OH excluding ortho intramolecular Hbond substituents is 1. The van der Waals surface area contributed by atoms with E-state index >= 15 is 0 Å². The van der Waals surface area contributed by atoms with Crippen molar-refractivity contribution in [2.24, 2.45) is 5.10 Å². The summed E-state index contributed by atoms with van der Waals surface area (Å²) in [5.74, 6) is 0.633. The number of nitrogens with one attached hydrogen (secondary N) is 1. The molecule has 0 amide bonds. The second kappa shape index (κ2) is 5.63. The van der Waals surface area contributed by atoms with Crippen LogP contribution in [0.5, 0.6) is 5.75 Å². The van der Waals surface area contributed by atoms with Crippen molar-refractivity contribution in [2.75, 3.05) is 0 Å². The third-order valence-electron chi connectivity index (χ3n) is 2.64. The molecule has 0 fully saturated rings. The molecule has 0 aliphatic rings. The lowest BCUT2D eigenvalue weighted by Crippen LogP contribution is -1.96. The Hall–Kier alpha value is -2.87. The third-order valence-corrected chi connectivity index (χ3v) is 2.90. The molecular weight excluding hydrogens is 288 g/mol. The Morgan fingerprint density at radius 2 is 2.24 bits per heavy atom. The molecule has 0 saturated heterocycles. The van der Waals surface area contributed by atoms with Gasteiger partial charge in [-0.15, -0.1) is 0 Å². The van der Waals surface area contributed by atoms with E-state index in [0.29, 0.717) is 16.3 Å². The summed E-state index contributed by atoms with van der Waals surface area (Å²) in [6, 6.07) is 6.73. The Kier molecular flexibility index (Phi) is 3.52. The Balaban J connectivity index is 2.00. The first-order chi connectivity index (χ1) is 10.2. The van der Waals surface area contributed by atoms with Crippen molar-refractivity contribution in [1.29, 1.82) is 0 Å². The van der Waals surface area contributed by atoms with Crippen molar-refractivity contribution in [3.63, 3.8) is 0 Å². The van der Waals surface area contributed by atoms with E-state index in [2.05, 4.69) is 25.3 Å². The summed E-state index contributed by atoms with van der Waals surface area (Å²) in [5.41, 5.74) is 1.29. The highest BCUT2D eigenvalue weighted by atomic mass is 32.1. The van der Waals surface area contributed by atoms with E-state index < -0.39 is 0 Å². The Bertz CT molecular complexity index is 839. The van der Waals surface area contributed by atoms with Crippen molar-refractivity contribution in [3.05, 3.63) is 53.2 Å². The molecule has 0 radical (unpaired) electrons. The van der Waals surface area contributed by atoms with Crippen LogP contribution in [0.1, 0.15) is 5.56 Å². The topological polar surface area (TPSA) is 92.0 Å². The van der Waals surface area contributed by atoms with Gasteiger partial charge in [0.05, 0.1) is 12.4 Å². The zero-order valence-electron chi connectivity index (χ0n) is 10.7. The van der Waals surface area contributed by atoms with Crippen LogP contribution in [0.2, 0.25) is 0 Å². The molecule has 0 bridgehead atoms. The number of hydrogen-bond donors (Lipinski definition) is 2. The first-order valence-electron chi connectivity index (χ1n) is 6.01. The molecule has 0 unspecified atom stereocenters. The smallest absolute Gasteiger partial charge is 0.216 e. The molecule has 0 saturated carbocycles. The summed E-state index contributed by atoms with van der Waals surface area (Å²) < 4.78 is 1.79. The number of phenols is 1. The summed E-state index contributed by atoms with van der Waals surface area (Å²) in [6.07, 6.45) is 6.29. The molecule has 3 aromatic rings. The Morgan fingerprint density at radius 1 is 1.33 bits per heavy atom. The van der Waals surface area contributed by atoms with E-state index in [-0.39, 0.29) is 5.75 Å². The predicted molar refractivity (Wildman–Crippen MR) is 79.5 cm³/mol. The normalized spacial score (nSPS) is 11.0. The lowest BCUT2D eigenvalue weighted by atomic mass is 10.2. The van der Waals surface area contributed by atoms with Crippen LogP contribution in [-0.2, 0) is 0 Å². The molecule has 7 nitrogen and oxygen atoms in total. The quantitative estimate of drug-likeness (QED) is 0.570. The van der Waals surface area contributed by atoms with Crippen molar-refractivity contribution in [1.82, 2.24) is 24.8 Å². The van der Waals surface area contributed by atoms with Gasteiger partial charge in [-0.2, -0.15) is 14.9 Å². The summed E-state index contributed by atoms with van der Waals surface area (Å²) in [7, 11) is 0. The van der Waals surface area contributed by atoms with E-state index in [1.54, 1.807) is 43.0 Å². The number of aromatic amines is 1. The lowest BCUT2D eigenvalue weighted by molar-refractivity contribution is 0.475. The number of aromatic hydroxyl groups is 1. The number of benzene rings is 1.